The van der Waals surface area contributed by atoms with Gasteiger partial charge < -0.3 is 10.6 Å². The molecule has 2 N–H and O–H groups in total. The van der Waals surface area contributed by atoms with Gasteiger partial charge in [0.1, 0.15) is 0 Å². The van der Waals surface area contributed by atoms with Crippen molar-refractivity contribution in [2.75, 3.05) is 10.6 Å². The first-order valence-electron chi connectivity index (χ1n) is 8.61. The van der Waals surface area contributed by atoms with Crippen LogP contribution in [0.5, 0.6) is 0 Å². The average molecular weight is 345 g/mol. The molecule has 2 aromatic carbocycles. The fourth-order valence-electron chi connectivity index (χ4n) is 2.81. The highest BCUT2D eigenvalue weighted by molar-refractivity contribution is 6.04. The van der Waals surface area contributed by atoms with Crippen molar-refractivity contribution in [3.05, 3.63) is 82.7 Å². The maximum absolute atomic E-state index is 12.6. The third-order valence-electron chi connectivity index (χ3n) is 4.52. The topological polar surface area (TPSA) is 54.0 Å². The van der Waals surface area contributed by atoms with Crippen molar-refractivity contribution in [2.45, 2.75) is 27.7 Å². The van der Waals surface area contributed by atoms with Gasteiger partial charge in [-0.1, -0.05) is 24.3 Å². The third kappa shape index (κ3) is 3.91. The van der Waals surface area contributed by atoms with Gasteiger partial charge in [0.2, 0.25) is 0 Å². The molecule has 0 aliphatic rings. The molecule has 0 spiro atoms. The molecule has 0 unspecified atom stereocenters. The molecule has 4 nitrogen and oxygen atoms in total. The molecule has 0 aliphatic carbocycles. The zero-order valence-electron chi connectivity index (χ0n) is 15.6. The maximum Gasteiger partial charge on any atom is 0.257 e. The van der Waals surface area contributed by atoms with Crippen LogP contribution in [-0.2, 0) is 0 Å². The number of benzene rings is 2. The Bertz CT molecular complexity index is 943. The maximum atomic E-state index is 12.6. The van der Waals surface area contributed by atoms with E-state index in [1.54, 1.807) is 12.4 Å². The third-order valence-corrected chi connectivity index (χ3v) is 4.52. The molecule has 132 valence electrons. The van der Waals surface area contributed by atoms with Crippen molar-refractivity contribution < 1.29 is 4.79 Å². The number of carbonyl (C=O) groups is 1. The first-order valence-corrected chi connectivity index (χ1v) is 8.61. The van der Waals surface area contributed by atoms with Gasteiger partial charge in [0, 0.05) is 17.6 Å². The standard InChI is InChI=1S/C22H23N3O/c1-14-8-9-19(10-17(14)4)25-22(26)18-11-20(13-23-12-18)24-21-15(2)6-5-7-16(21)3/h5-13,24H,1-4H3,(H,25,26). The lowest BCUT2D eigenvalue weighted by Crippen LogP contribution is -2.12. The van der Waals surface area contributed by atoms with Crippen LogP contribution >= 0.6 is 0 Å². The Balaban J connectivity index is 1.80. The van der Waals surface area contributed by atoms with Crippen molar-refractivity contribution in [3.8, 4) is 0 Å². The quantitative estimate of drug-likeness (QED) is 0.673. The summed E-state index contributed by atoms with van der Waals surface area (Å²) < 4.78 is 0. The Kier molecular flexibility index (Phi) is 5.03. The van der Waals surface area contributed by atoms with E-state index in [0.717, 1.165) is 33.8 Å². The number of aromatic nitrogens is 1. The summed E-state index contributed by atoms with van der Waals surface area (Å²) in [4.78, 5) is 16.8. The van der Waals surface area contributed by atoms with Gasteiger partial charge in [0.15, 0.2) is 0 Å². The van der Waals surface area contributed by atoms with Crippen LogP contribution in [0.25, 0.3) is 0 Å². The Hall–Kier alpha value is -3.14. The van der Waals surface area contributed by atoms with Crippen LogP contribution in [0.1, 0.15) is 32.6 Å². The number of anilines is 3. The van der Waals surface area contributed by atoms with Crippen LogP contribution in [0.4, 0.5) is 17.1 Å². The Morgan fingerprint density at radius 3 is 2.23 bits per heavy atom. The van der Waals surface area contributed by atoms with Crippen LogP contribution in [-0.4, -0.2) is 10.9 Å². The minimum Gasteiger partial charge on any atom is -0.354 e. The molecule has 0 radical (unpaired) electrons. The predicted molar refractivity (Wildman–Crippen MR) is 107 cm³/mol. The number of carbonyl (C=O) groups excluding carboxylic acids is 1. The molecule has 1 amide bonds. The Labute approximate surface area is 154 Å². The second-order valence-electron chi connectivity index (χ2n) is 6.61. The number of para-hydroxylation sites is 1. The summed E-state index contributed by atoms with van der Waals surface area (Å²) in [6, 6.07) is 13.8. The van der Waals surface area contributed by atoms with E-state index in [9.17, 15) is 4.79 Å². The van der Waals surface area contributed by atoms with Gasteiger partial charge in [-0.25, -0.2) is 0 Å². The average Bonchev–Trinajstić information content (AvgIpc) is 2.62. The molecule has 0 atom stereocenters. The minimum atomic E-state index is -0.175. The summed E-state index contributed by atoms with van der Waals surface area (Å²) in [5.41, 5.74) is 7.77. The van der Waals surface area contributed by atoms with Crippen LogP contribution in [0.15, 0.2) is 54.9 Å². The number of rotatable bonds is 4. The molecule has 4 heteroatoms. The van der Waals surface area contributed by atoms with Gasteiger partial charge >= 0.3 is 0 Å². The predicted octanol–water partition coefficient (Wildman–Crippen LogP) is 5.31. The van der Waals surface area contributed by atoms with E-state index >= 15 is 0 Å². The smallest absolute Gasteiger partial charge is 0.257 e. The van der Waals surface area contributed by atoms with E-state index < -0.39 is 0 Å². The zero-order chi connectivity index (χ0) is 18.7. The van der Waals surface area contributed by atoms with E-state index in [1.165, 1.54) is 5.56 Å². The summed E-state index contributed by atoms with van der Waals surface area (Å²) in [6.45, 7) is 8.19. The molecule has 1 heterocycles. The fourth-order valence-corrected chi connectivity index (χ4v) is 2.81. The number of nitrogens with one attached hydrogen (secondary N) is 2. The summed E-state index contributed by atoms with van der Waals surface area (Å²) in [7, 11) is 0. The highest BCUT2D eigenvalue weighted by atomic mass is 16.1. The highest BCUT2D eigenvalue weighted by Gasteiger charge is 2.09. The fraction of sp³-hybridized carbons (Fsp3) is 0.182. The second-order valence-corrected chi connectivity index (χ2v) is 6.61. The van der Waals surface area contributed by atoms with Gasteiger partial charge in [-0.15, -0.1) is 0 Å². The highest BCUT2D eigenvalue weighted by Crippen LogP contribution is 2.24. The lowest BCUT2D eigenvalue weighted by molar-refractivity contribution is 0.102. The summed E-state index contributed by atoms with van der Waals surface area (Å²) in [6.07, 6.45) is 3.30. The lowest BCUT2D eigenvalue weighted by Gasteiger charge is -2.13. The number of pyridine rings is 1. The van der Waals surface area contributed by atoms with Gasteiger partial charge in [-0.2, -0.15) is 0 Å². The van der Waals surface area contributed by atoms with Crippen molar-refractivity contribution >= 4 is 23.0 Å². The lowest BCUT2D eigenvalue weighted by atomic mass is 10.1. The number of hydrogen-bond acceptors (Lipinski definition) is 3. The van der Waals surface area contributed by atoms with Crippen LogP contribution in [0.3, 0.4) is 0 Å². The SMILES string of the molecule is Cc1ccc(NC(=O)c2cncc(Nc3c(C)cccc3C)c2)cc1C. The zero-order valence-corrected chi connectivity index (χ0v) is 15.6. The molecule has 0 saturated carbocycles. The Morgan fingerprint density at radius 2 is 1.54 bits per heavy atom. The molecular formula is C22H23N3O. The molecule has 26 heavy (non-hydrogen) atoms. The van der Waals surface area contributed by atoms with E-state index in [2.05, 4.69) is 41.6 Å². The molecule has 0 fully saturated rings. The molecule has 1 aromatic heterocycles. The van der Waals surface area contributed by atoms with Gasteiger partial charge in [0.25, 0.3) is 5.91 Å². The number of hydrogen-bond donors (Lipinski definition) is 2. The molecule has 0 aliphatic heterocycles. The number of nitrogens with zero attached hydrogens (tertiary/aromatic N) is 1. The Morgan fingerprint density at radius 1 is 0.808 bits per heavy atom. The van der Waals surface area contributed by atoms with Gasteiger partial charge in [-0.05, 0) is 68.1 Å². The normalized spacial score (nSPS) is 10.5. The first kappa shape index (κ1) is 17.7. The van der Waals surface area contributed by atoms with Gasteiger partial charge in [-0.3, -0.25) is 9.78 Å². The summed E-state index contributed by atoms with van der Waals surface area (Å²) >= 11 is 0. The second kappa shape index (κ2) is 7.40. The molecule has 3 aromatic rings. The molecular weight excluding hydrogens is 322 g/mol. The number of amides is 1. The van der Waals surface area contributed by atoms with E-state index in [-0.39, 0.29) is 5.91 Å². The molecule has 0 saturated heterocycles. The summed E-state index contributed by atoms with van der Waals surface area (Å²) in [5, 5.41) is 6.31. The monoisotopic (exact) mass is 345 g/mol. The van der Waals surface area contributed by atoms with Crippen LogP contribution in [0.2, 0.25) is 0 Å². The molecule has 0 bridgehead atoms. The van der Waals surface area contributed by atoms with E-state index in [1.807, 2.05) is 44.2 Å². The van der Waals surface area contributed by atoms with E-state index in [4.69, 9.17) is 0 Å². The van der Waals surface area contributed by atoms with Crippen LogP contribution in [0, 0.1) is 27.7 Å². The van der Waals surface area contributed by atoms with E-state index in [0.29, 0.717) is 5.56 Å². The van der Waals surface area contributed by atoms with Crippen molar-refractivity contribution in [1.29, 1.82) is 0 Å². The van der Waals surface area contributed by atoms with Crippen molar-refractivity contribution in [2.24, 2.45) is 0 Å². The van der Waals surface area contributed by atoms with Gasteiger partial charge in [0.05, 0.1) is 17.4 Å². The van der Waals surface area contributed by atoms with Crippen molar-refractivity contribution in [3.63, 3.8) is 0 Å². The van der Waals surface area contributed by atoms with Crippen LogP contribution < -0.4 is 10.6 Å². The van der Waals surface area contributed by atoms with Crippen molar-refractivity contribution in [1.82, 2.24) is 4.98 Å². The molecule has 3 rings (SSSR count). The minimum absolute atomic E-state index is 0.175. The summed E-state index contributed by atoms with van der Waals surface area (Å²) in [5.74, 6) is -0.175. The first-order chi connectivity index (χ1) is 12.4. The number of aryl methyl sites for hydroxylation is 4. The largest absolute Gasteiger partial charge is 0.354 e.